The number of para-hydroxylation sites is 2. The second-order valence-electron chi connectivity index (χ2n) is 7.97. The lowest BCUT2D eigenvalue weighted by atomic mass is 10.0. The van der Waals surface area contributed by atoms with Gasteiger partial charge in [0.1, 0.15) is 11.5 Å². The maximum absolute atomic E-state index is 9.26. The van der Waals surface area contributed by atoms with Gasteiger partial charge in [-0.05, 0) is 60.5 Å². The fourth-order valence-electron chi connectivity index (χ4n) is 4.43. The van der Waals surface area contributed by atoms with Crippen molar-refractivity contribution in [3.63, 3.8) is 0 Å². The van der Waals surface area contributed by atoms with Crippen molar-refractivity contribution in [2.75, 3.05) is 0 Å². The molecule has 0 aliphatic heterocycles. The van der Waals surface area contributed by atoms with Crippen molar-refractivity contribution < 1.29 is 4.74 Å². The van der Waals surface area contributed by atoms with E-state index in [0.717, 1.165) is 12.1 Å². The third kappa shape index (κ3) is 3.80. The molecule has 0 atom stereocenters. The summed E-state index contributed by atoms with van der Waals surface area (Å²) in [5, 5.41) is 21.0. The zero-order chi connectivity index (χ0) is 22.8. The van der Waals surface area contributed by atoms with Gasteiger partial charge in [0.25, 0.3) is 0 Å². The molecule has 0 saturated heterocycles. The lowest BCUT2D eigenvalue weighted by Gasteiger charge is -2.12. The average molecular weight is 428 g/mol. The van der Waals surface area contributed by atoms with Crippen molar-refractivity contribution >= 4 is 21.8 Å². The van der Waals surface area contributed by atoms with Crippen molar-refractivity contribution in [3.05, 3.63) is 107 Å². The highest BCUT2D eigenvalue weighted by Crippen LogP contribution is 2.32. The second-order valence-corrected chi connectivity index (χ2v) is 7.97. The van der Waals surface area contributed by atoms with E-state index in [0.29, 0.717) is 29.0 Å². The minimum atomic E-state index is 0.402. The van der Waals surface area contributed by atoms with Gasteiger partial charge in [-0.25, -0.2) is 0 Å². The molecule has 0 amide bonds. The highest BCUT2D eigenvalue weighted by molar-refractivity contribution is 6.08. The van der Waals surface area contributed by atoms with Crippen LogP contribution in [-0.2, 0) is 13.0 Å². The number of aryl methyl sites for hydroxylation is 1. The lowest BCUT2D eigenvalue weighted by Crippen LogP contribution is -1.95. The number of hydrogen-bond donors (Lipinski definition) is 0. The molecule has 5 aromatic rings. The highest BCUT2D eigenvalue weighted by Gasteiger charge is 2.12. The lowest BCUT2D eigenvalue weighted by molar-refractivity contribution is 0.477. The van der Waals surface area contributed by atoms with Gasteiger partial charge in [-0.3, -0.25) is 0 Å². The van der Waals surface area contributed by atoms with Crippen molar-refractivity contribution in [2.24, 2.45) is 0 Å². The topological polar surface area (TPSA) is 61.7 Å². The number of nitriles is 2. The van der Waals surface area contributed by atoms with Crippen molar-refractivity contribution in [3.8, 4) is 23.6 Å². The molecule has 0 unspecified atom stereocenters. The Bertz CT molecular complexity index is 1550. The van der Waals surface area contributed by atoms with E-state index in [-0.39, 0.29) is 0 Å². The van der Waals surface area contributed by atoms with Crippen molar-refractivity contribution in [2.45, 2.75) is 19.9 Å². The predicted molar refractivity (Wildman–Crippen MR) is 130 cm³/mol. The van der Waals surface area contributed by atoms with E-state index in [1.165, 1.54) is 27.4 Å². The van der Waals surface area contributed by atoms with E-state index in [1.54, 1.807) is 18.2 Å². The van der Waals surface area contributed by atoms with E-state index in [4.69, 9.17) is 4.74 Å². The fourth-order valence-corrected chi connectivity index (χ4v) is 4.43. The first-order valence-corrected chi connectivity index (χ1v) is 10.9. The minimum Gasteiger partial charge on any atom is -0.457 e. The van der Waals surface area contributed by atoms with Crippen LogP contribution in [0.2, 0.25) is 0 Å². The molecule has 1 aromatic heterocycles. The van der Waals surface area contributed by atoms with Crippen LogP contribution in [0.25, 0.3) is 21.8 Å². The molecule has 0 aliphatic carbocycles. The van der Waals surface area contributed by atoms with Gasteiger partial charge in [0.05, 0.1) is 23.3 Å². The van der Waals surface area contributed by atoms with Crippen LogP contribution in [0.3, 0.4) is 0 Å². The second kappa shape index (κ2) is 8.54. The molecule has 0 bridgehead atoms. The number of nitrogens with zero attached hydrogens (tertiary/aromatic N) is 3. The van der Waals surface area contributed by atoms with Crippen LogP contribution in [0.15, 0.2) is 84.9 Å². The molecule has 4 heteroatoms. The Morgan fingerprint density at radius 2 is 1.45 bits per heavy atom. The summed E-state index contributed by atoms with van der Waals surface area (Å²) in [6.45, 7) is 3.10. The maximum atomic E-state index is 9.26. The smallest absolute Gasteiger partial charge is 0.130 e. The van der Waals surface area contributed by atoms with Gasteiger partial charge >= 0.3 is 0 Å². The largest absolute Gasteiger partial charge is 0.457 e. The van der Waals surface area contributed by atoms with E-state index in [2.05, 4.69) is 66.1 Å². The molecule has 0 N–H and O–H groups in total. The average Bonchev–Trinajstić information content (AvgIpc) is 3.18. The molecule has 0 fully saturated rings. The number of aromatic nitrogens is 1. The molecule has 0 radical (unpaired) electrons. The molecule has 4 nitrogen and oxygen atoms in total. The monoisotopic (exact) mass is 427 g/mol. The first-order chi connectivity index (χ1) is 16.2. The Hall–Kier alpha value is -4.54. The van der Waals surface area contributed by atoms with Crippen molar-refractivity contribution in [1.29, 1.82) is 10.5 Å². The number of hydrogen-bond acceptors (Lipinski definition) is 3. The highest BCUT2D eigenvalue weighted by atomic mass is 16.5. The first kappa shape index (κ1) is 20.4. The first-order valence-electron chi connectivity index (χ1n) is 10.9. The van der Waals surface area contributed by atoms with Crippen LogP contribution in [0.5, 0.6) is 11.5 Å². The minimum absolute atomic E-state index is 0.402. The Labute approximate surface area is 192 Å². The molecular weight excluding hydrogens is 406 g/mol. The van der Waals surface area contributed by atoms with Crippen LogP contribution in [0, 0.1) is 22.7 Å². The normalized spacial score (nSPS) is 10.8. The Balaban J connectivity index is 1.52. The predicted octanol–water partition coefficient (Wildman–Crippen LogP) is 6.94. The van der Waals surface area contributed by atoms with Gasteiger partial charge in [0.2, 0.25) is 0 Å². The molecular formula is C29H21N3O. The van der Waals surface area contributed by atoms with E-state index >= 15 is 0 Å². The molecule has 158 valence electrons. The van der Waals surface area contributed by atoms with Crippen molar-refractivity contribution in [1.82, 2.24) is 4.57 Å². The van der Waals surface area contributed by atoms with Gasteiger partial charge < -0.3 is 9.30 Å². The number of rotatable bonds is 5. The summed E-state index contributed by atoms with van der Waals surface area (Å²) < 4.78 is 8.49. The summed E-state index contributed by atoms with van der Waals surface area (Å²) in [6.07, 6.45) is 0.709. The summed E-state index contributed by atoms with van der Waals surface area (Å²) in [7, 11) is 0. The Morgan fingerprint density at radius 3 is 2.21 bits per heavy atom. The quantitative estimate of drug-likeness (QED) is 0.305. The summed E-state index contributed by atoms with van der Waals surface area (Å²) >= 11 is 0. The number of ether oxygens (including phenoxy) is 1. The molecule has 33 heavy (non-hydrogen) atoms. The van der Waals surface area contributed by atoms with E-state index in [1.807, 2.05) is 24.3 Å². The third-order valence-corrected chi connectivity index (χ3v) is 5.91. The van der Waals surface area contributed by atoms with Gasteiger partial charge in [0, 0.05) is 34.8 Å². The zero-order valence-corrected chi connectivity index (χ0v) is 18.2. The van der Waals surface area contributed by atoms with Crippen LogP contribution >= 0.6 is 0 Å². The molecule has 4 aromatic carbocycles. The third-order valence-electron chi connectivity index (χ3n) is 5.91. The Kier molecular flexibility index (Phi) is 5.27. The van der Waals surface area contributed by atoms with E-state index in [9.17, 15) is 10.5 Å². The number of benzene rings is 4. The van der Waals surface area contributed by atoms with Crippen LogP contribution in [-0.4, -0.2) is 4.57 Å². The molecule has 0 saturated carbocycles. The summed E-state index contributed by atoms with van der Waals surface area (Å²) in [6, 6.07) is 32.1. The Morgan fingerprint density at radius 1 is 0.758 bits per heavy atom. The van der Waals surface area contributed by atoms with Crippen LogP contribution in [0.1, 0.15) is 29.2 Å². The van der Waals surface area contributed by atoms with Gasteiger partial charge in [-0.2, -0.15) is 10.5 Å². The summed E-state index contributed by atoms with van der Waals surface area (Å²) in [5.74, 6) is 1.20. The van der Waals surface area contributed by atoms with E-state index < -0.39 is 0 Å². The molecule has 5 rings (SSSR count). The van der Waals surface area contributed by atoms with Gasteiger partial charge in [0.15, 0.2) is 0 Å². The van der Waals surface area contributed by atoms with Crippen LogP contribution < -0.4 is 4.74 Å². The SMILES string of the molecule is CCn1c2ccccc2c2cc(Cc3ccccc3Oc3cc(C#N)cc(C#N)c3)ccc21. The molecule has 0 spiro atoms. The fraction of sp³-hybridized carbons (Fsp3) is 0.103. The zero-order valence-electron chi connectivity index (χ0n) is 18.2. The maximum Gasteiger partial charge on any atom is 0.130 e. The van der Waals surface area contributed by atoms with Gasteiger partial charge in [-0.1, -0.05) is 42.5 Å². The van der Waals surface area contributed by atoms with Gasteiger partial charge in [-0.15, -0.1) is 0 Å². The standard InChI is InChI=1S/C29H21N3O/c1-2-32-27-9-5-4-8-25(27)26-17-20(11-12-28(26)32)14-23-7-3-6-10-29(23)33-24-15-21(18-30)13-22(16-24)19-31/h3-13,15-17H,2,14H2,1H3. The summed E-state index contributed by atoms with van der Waals surface area (Å²) in [5.41, 5.74) is 5.53. The number of fused-ring (bicyclic) bond motifs is 3. The van der Waals surface area contributed by atoms with Crippen LogP contribution in [0.4, 0.5) is 0 Å². The molecule has 0 aliphatic rings. The summed E-state index contributed by atoms with van der Waals surface area (Å²) in [4.78, 5) is 0. The molecule has 1 heterocycles.